The second-order valence-electron chi connectivity index (χ2n) is 6.67. The summed E-state index contributed by atoms with van der Waals surface area (Å²) in [6.45, 7) is 4.11. The summed E-state index contributed by atoms with van der Waals surface area (Å²) in [7, 11) is 2.09. The molecule has 1 aliphatic carbocycles. The van der Waals surface area contributed by atoms with Crippen molar-refractivity contribution in [1.29, 1.82) is 0 Å². The van der Waals surface area contributed by atoms with Crippen LogP contribution >= 0.6 is 0 Å². The highest BCUT2D eigenvalue weighted by Crippen LogP contribution is 2.41. The molecule has 0 spiro atoms. The SMILES string of the molecule is CC1CN(C)CCC1NC(=O)CC1(C(=O)O)CCCC1. The number of carbonyl (C=O) groups is 2. The molecule has 1 amide bonds. The van der Waals surface area contributed by atoms with Crippen LogP contribution in [0.4, 0.5) is 0 Å². The number of nitrogens with one attached hydrogen (secondary N) is 1. The fourth-order valence-corrected chi connectivity index (χ4v) is 3.65. The molecule has 5 heteroatoms. The number of piperidine rings is 1. The Morgan fingerprint density at radius 1 is 1.35 bits per heavy atom. The molecule has 2 atom stereocenters. The average Bonchev–Trinajstić information content (AvgIpc) is 2.82. The molecule has 0 radical (unpaired) electrons. The van der Waals surface area contributed by atoms with Crippen molar-refractivity contribution in [1.82, 2.24) is 10.2 Å². The molecule has 20 heavy (non-hydrogen) atoms. The zero-order chi connectivity index (χ0) is 14.8. The normalized spacial score (nSPS) is 30.1. The minimum Gasteiger partial charge on any atom is -0.481 e. The molecule has 1 saturated carbocycles. The fraction of sp³-hybridized carbons (Fsp3) is 0.867. The molecule has 1 heterocycles. The van der Waals surface area contributed by atoms with E-state index in [1.165, 1.54) is 0 Å². The summed E-state index contributed by atoms with van der Waals surface area (Å²) in [5, 5.41) is 12.5. The van der Waals surface area contributed by atoms with E-state index in [-0.39, 0.29) is 18.4 Å². The van der Waals surface area contributed by atoms with Crippen LogP contribution in [0.15, 0.2) is 0 Å². The molecule has 5 nitrogen and oxygen atoms in total. The lowest BCUT2D eigenvalue weighted by Crippen LogP contribution is -2.50. The molecule has 0 bridgehead atoms. The van der Waals surface area contributed by atoms with Gasteiger partial charge in [0.05, 0.1) is 5.41 Å². The van der Waals surface area contributed by atoms with Gasteiger partial charge >= 0.3 is 5.97 Å². The Bertz CT molecular complexity index is 377. The van der Waals surface area contributed by atoms with E-state index >= 15 is 0 Å². The molecular formula is C15H26N2O3. The molecule has 0 aromatic carbocycles. The molecule has 2 rings (SSSR count). The minimum absolute atomic E-state index is 0.0873. The Morgan fingerprint density at radius 3 is 2.55 bits per heavy atom. The van der Waals surface area contributed by atoms with Gasteiger partial charge < -0.3 is 15.3 Å². The quantitative estimate of drug-likeness (QED) is 0.819. The largest absolute Gasteiger partial charge is 0.481 e. The average molecular weight is 282 g/mol. The Balaban J connectivity index is 1.90. The van der Waals surface area contributed by atoms with Gasteiger partial charge in [0.2, 0.25) is 5.91 Å². The lowest BCUT2D eigenvalue weighted by atomic mass is 9.82. The number of carboxylic acids is 1. The maximum atomic E-state index is 12.2. The number of nitrogens with zero attached hydrogens (tertiary/aromatic N) is 1. The first kappa shape index (κ1) is 15.3. The number of likely N-dealkylation sites (tertiary alicyclic amines) is 1. The van der Waals surface area contributed by atoms with E-state index in [0.29, 0.717) is 18.8 Å². The van der Waals surface area contributed by atoms with E-state index in [1.54, 1.807) is 0 Å². The number of carboxylic acid groups (broad SMARTS) is 1. The molecular weight excluding hydrogens is 256 g/mol. The Labute approximate surface area is 120 Å². The molecule has 2 unspecified atom stereocenters. The van der Waals surface area contributed by atoms with E-state index in [4.69, 9.17) is 0 Å². The van der Waals surface area contributed by atoms with Gasteiger partial charge in [-0.3, -0.25) is 9.59 Å². The third-order valence-electron chi connectivity index (χ3n) is 4.97. The molecule has 114 valence electrons. The van der Waals surface area contributed by atoms with Crippen molar-refractivity contribution in [3.8, 4) is 0 Å². The standard InChI is InChI=1S/C15H26N2O3/c1-11-10-17(2)8-5-12(11)16-13(18)9-15(14(19)20)6-3-4-7-15/h11-12H,3-10H2,1-2H3,(H,16,18)(H,19,20). The zero-order valence-corrected chi connectivity index (χ0v) is 12.5. The van der Waals surface area contributed by atoms with Gasteiger partial charge in [0.1, 0.15) is 0 Å². The molecule has 2 aliphatic rings. The Kier molecular flexibility index (Phi) is 4.68. The third kappa shape index (κ3) is 3.32. The number of amides is 1. The number of rotatable bonds is 4. The van der Waals surface area contributed by atoms with Gasteiger partial charge in [0.25, 0.3) is 0 Å². The van der Waals surface area contributed by atoms with Gasteiger partial charge in [-0.1, -0.05) is 19.8 Å². The van der Waals surface area contributed by atoms with E-state index in [9.17, 15) is 14.7 Å². The van der Waals surface area contributed by atoms with Crippen LogP contribution < -0.4 is 5.32 Å². The first-order valence-corrected chi connectivity index (χ1v) is 7.64. The monoisotopic (exact) mass is 282 g/mol. The predicted octanol–water partition coefficient (Wildman–Crippen LogP) is 1.48. The third-order valence-corrected chi connectivity index (χ3v) is 4.97. The van der Waals surface area contributed by atoms with Crippen LogP contribution in [-0.4, -0.2) is 48.1 Å². The molecule has 2 fully saturated rings. The van der Waals surface area contributed by atoms with E-state index < -0.39 is 11.4 Å². The summed E-state index contributed by atoms with van der Waals surface area (Å²) in [6, 6.07) is 0.186. The van der Waals surface area contributed by atoms with Crippen molar-refractivity contribution in [2.75, 3.05) is 20.1 Å². The lowest BCUT2D eigenvalue weighted by Gasteiger charge is -2.35. The highest BCUT2D eigenvalue weighted by Gasteiger charge is 2.43. The van der Waals surface area contributed by atoms with Crippen molar-refractivity contribution in [2.45, 2.75) is 51.5 Å². The fourth-order valence-electron chi connectivity index (χ4n) is 3.65. The number of hydrogen-bond donors (Lipinski definition) is 2. The summed E-state index contributed by atoms with van der Waals surface area (Å²) in [5.74, 6) is -0.473. The van der Waals surface area contributed by atoms with Crippen molar-refractivity contribution < 1.29 is 14.7 Å². The van der Waals surface area contributed by atoms with E-state index in [2.05, 4.69) is 24.2 Å². The molecule has 0 aromatic rings. The Morgan fingerprint density at radius 2 is 2.00 bits per heavy atom. The van der Waals surface area contributed by atoms with Crippen molar-refractivity contribution in [3.05, 3.63) is 0 Å². The number of hydrogen-bond acceptors (Lipinski definition) is 3. The van der Waals surface area contributed by atoms with Gasteiger partial charge in [-0.15, -0.1) is 0 Å². The maximum Gasteiger partial charge on any atom is 0.310 e. The predicted molar refractivity (Wildman–Crippen MR) is 76.4 cm³/mol. The van der Waals surface area contributed by atoms with Gasteiger partial charge in [-0.2, -0.15) is 0 Å². The molecule has 1 aliphatic heterocycles. The highest BCUT2D eigenvalue weighted by molar-refractivity contribution is 5.85. The lowest BCUT2D eigenvalue weighted by molar-refractivity contribution is -0.151. The summed E-state index contributed by atoms with van der Waals surface area (Å²) >= 11 is 0. The van der Waals surface area contributed by atoms with Gasteiger partial charge in [-0.05, 0) is 38.8 Å². The Hall–Kier alpha value is -1.10. The summed E-state index contributed by atoms with van der Waals surface area (Å²) in [6.07, 6.45) is 4.21. The van der Waals surface area contributed by atoms with Crippen LogP contribution in [0, 0.1) is 11.3 Å². The van der Waals surface area contributed by atoms with Crippen molar-refractivity contribution >= 4 is 11.9 Å². The molecule has 2 N–H and O–H groups in total. The van der Waals surface area contributed by atoms with Gasteiger partial charge in [0, 0.05) is 19.0 Å². The van der Waals surface area contributed by atoms with Crippen molar-refractivity contribution in [2.24, 2.45) is 11.3 Å². The second-order valence-corrected chi connectivity index (χ2v) is 6.67. The second kappa shape index (κ2) is 6.12. The van der Waals surface area contributed by atoms with Crippen LogP contribution in [0.2, 0.25) is 0 Å². The van der Waals surface area contributed by atoms with Crippen LogP contribution in [0.5, 0.6) is 0 Å². The van der Waals surface area contributed by atoms with E-state index in [0.717, 1.165) is 32.4 Å². The number of aliphatic carboxylic acids is 1. The number of carbonyl (C=O) groups excluding carboxylic acids is 1. The van der Waals surface area contributed by atoms with Crippen LogP contribution in [0.25, 0.3) is 0 Å². The minimum atomic E-state index is -0.807. The summed E-state index contributed by atoms with van der Waals surface area (Å²) < 4.78 is 0. The van der Waals surface area contributed by atoms with E-state index in [1.807, 2.05) is 0 Å². The first-order valence-electron chi connectivity index (χ1n) is 7.64. The molecule has 0 aromatic heterocycles. The first-order chi connectivity index (χ1) is 9.43. The maximum absolute atomic E-state index is 12.2. The topological polar surface area (TPSA) is 69.6 Å². The van der Waals surface area contributed by atoms with Crippen LogP contribution in [-0.2, 0) is 9.59 Å². The zero-order valence-electron chi connectivity index (χ0n) is 12.5. The summed E-state index contributed by atoms with van der Waals surface area (Å²) in [4.78, 5) is 26.0. The van der Waals surface area contributed by atoms with Crippen molar-refractivity contribution in [3.63, 3.8) is 0 Å². The van der Waals surface area contributed by atoms with Gasteiger partial charge in [0.15, 0.2) is 0 Å². The summed E-state index contributed by atoms with van der Waals surface area (Å²) in [5.41, 5.74) is -0.807. The van der Waals surface area contributed by atoms with Crippen LogP contribution in [0.1, 0.15) is 45.4 Å². The molecule has 1 saturated heterocycles. The highest BCUT2D eigenvalue weighted by atomic mass is 16.4. The smallest absolute Gasteiger partial charge is 0.310 e. The van der Waals surface area contributed by atoms with Gasteiger partial charge in [-0.25, -0.2) is 0 Å². The van der Waals surface area contributed by atoms with Crippen LogP contribution in [0.3, 0.4) is 0 Å².